The number of aliphatic carboxylic acids is 3. The summed E-state index contributed by atoms with van der Waals surface area (Å²) in [5, 5.41) is 58.9. The van der Waals surface area contributed by atoms with Gasteiger partial charge in [-0.15, -0.1) is 0 Å². The molecular formula is C33H37NO19. The Balaban J connectivity index is 1.38. The van der Waals surface area contributed by atoms with Crippen molar-refractivity contribution in [2.24, 2.45) is 0 Å². The number of nitrogens with zero attached hydrogens (tertiary/aromatic N) is 1. The zero-order valence-corrected chi connectivity index (χ0v) is 28.5. The van der Waals surface area contributed by atoms with Crippen molar-refractivity contribution < 1.29 is 92.6 Å². The van der Waals surface area contributed by atoms with Crippen LogP contribution in [-0.2, 0) is 64.3 Å². The van der Waals surface area contributed by atoms with Gasteiger partial charge in [0.15, 0.2) is 35.9 Å². The quantitative estimate of drug-likeness (QED) is 0.0836. The number of rotatable bonds is 15. The highest BCUT2D eigenvalue weighted by molar-refractivity contribution is 5.90. The van der Waals surface area contributed by atoms with E-state index >= 15 is 0 Å². The minimum atomic E-state index is -2.76. The van der Waals surface area contributed by atoms with Crippen LogP contribution in [0.4, 0.5) is 0 Å². The summed E-state index contributed by atoms with van der Waals surface area (Å²) < 4.78 is 31.9. The number of ether oxygens (including phenoxy) is 6. The van der Waals surface area contributed by atoms with Gasteiger partial charge < -0.3 is 64.0 Å². The number of carboxylic acids is 3. The van der Waals surface area contributed by atoms with Crippen molar-refractivity contribution in [2.45, 2.75) is 92.7 Å². The number of likely N-dealkylation sites (tertiary alicyclic amines) is 1. The highest BCUT2D eigenvalue weighted by atomic mass is 16.6. The van der Waals surface area contributed by atoms with Crippen molar-refractivity contribution in [1.29, 1.82) is 0 Å². The Bertz CT molecular complexity index is 1760. The van der Waals surface area contributed by atoms with Crippen LogP contribution in [0.5, 0.6) is 11.5 Å². The molecule has 53 heavy (non-hydrogen) atoms. The van der Waals surface area contributed by atoms with E-state index < -0.39 is 102 Å². The number of piperidine rings is 1. The van der Waals surface area contributed by atoms with Gasteiger partial charge in [0.2, 0.25) is 12.2 Å². The van der Waals surface area contributed by atoms with E-state index in [9.17, 15) is 48.9 Å². The Morgan fingerprint density at radius 1 is 0.925 bits per heavy atom. The molecule has 0 radical (unpaired) electrons. The van der Waals surface area contributed by atoms with Crippen LogP contribution >= 0.6 is 0 Å². The maximum Gasteiger partial charge on any atom is 0.348 e. The van der Waals surface area contributed by atoms with Crippen molar-refractivity contribution in [3.63, 3.8) is 0 Å². The van der Waals surface area contributed by atoms with Crippen LogP contribution in [0.15, 0.2) is 24.0 Å². The number of aliphatic hydroxyl groups is 3. The summed E-state index contributed by atoms with van der Waals surface area (Å²) in [6, 6.07) is 3.27. The number of esters is 4. The molecule has 20 heteroatoms. The third kappa shape index (κ3) is 6.85. The molecule has 0 amide bonds. The zero-order chi connectivity index (χ0) is 39.2. The highest BCUT2D eigenvalue weighted by Crippen LogP contribution is 2.65. The minimum absolute atomic E-state index is 0.0130. The molecule has 288 valence electrons. The maximum absolute atomic E-state index is 13.5. The first-order chi connectivity index (χ1) is 24.9. The summed E-state index contributed by atoms with van der Waals surface area (Å²) in [5.41, 5.74) is -0.855. The number of benzene rings is 1. The Kier molecular flexibility index (Phi) is 10.7. The molecule has 1 spiro atoms. The normalized spacial score (nSPS) is 26.5. The largest absolute Gasteiger partial charge is 0.493 e. The van der Waals surface area contributed by atoms with Crippen molar-refractivity contribution in [3.8, 4) is 11.5 Å². The van der Waals surface area contributed by atoms with Gasteiger partial charge in [0.1, 0.15) is 5.76 Å². The van der Waals surface area contributed by atoms with Gasteiger partial charge in [0.05, 0.1) is 31.0 Å². The van der Waals surface area contributed by atoms with E-state index in [1.807, 2.05) is 18.0 Å². The topological polar surface area (TPSA) is 299 Å². The van der Waals surface area contributed by atoms with Crippen LogP contribution in [0.3, 0.4) is 0 Å². The second-order valence-electron chi connectivity index (χ2n) is 13.1. The molecule has 3 unspecified atom stereocenters. The second kappa shape index (κ2) is 14.6. The van der Waals surface area contributed by atoms with Crippen LogP contribution in [0.1, 0.15) is 43.7 Å². The SMILES string of the molecule is COc1ccc2c3c1O[C@H]1C(OC(=O)CC(OC(=O)[C@H](O)[C@@H](O)C(=O)O)C(=O)OC(C)C(=O)OC(CC(=O)O)C(=O)O)=CC[C@@]4(O)[C@@H](C2)N(C)CC[C@]314. The number of carboxylic acid groups (broad SMARTS) is 3. The lowest BCUT2D eigenvalue weighted by molar-refractivity contribution is -0.189. The fraction of sp³-hybridized carbons (Fsp3) is 0.545. The van der Waals surface area contributed by atoms with Gasteiger partial charge in [-0.05, 0) is 51.1 Å². The van der Waals surface area contributed by atoms with Crippen molar-refractivity contribution in [1.82, 2.24) is 4.90 Å². The molecule has 1 fully saturated rings. The summed E-state index contributed by atoms with van der Waals surface area (Å²) >= 11 is 0. The van der Waals surface area contributed by atoms with Crippen LogP contribution in [0.25, 0.3) is 0 Å². The van der Waals surface area contributed by atoms with Gasteiger partial charge in [-0.25, -0.2) is 24.0 Å². The third-order valence-corrected chi connectivity index (χ3v) is 9.98. The molecule has 1 saturated heterocycles. The predicted octanol–water partition coefficient (Wildman–Crippen LogP) is -1.97. The first-order valence-corrected chi connectivity index (χ1v) is 16.2. The van der Waals surface area contributed by atoms with Gasteiger partial charge in [-0.1, -0.05) is 6.07 Å². The van der Waals surface area contributed by atoms with Gasteiger partial charge in [0, 0.05) is 18.0 Å². The van der Waals surface area contributed by atoms with E-state index in [0.29, 0.717) is 36.4 Å². The van der Waals surface area contributed by atoms with Crippen molar-refractivity contribution >= 4 is 41.8 Å². The number of aliphatic hydroxyl groups excluding tert-OH is 2. The number of carbonyl (C=O) groups is 7. The predicted molar refractivity (Wildman–Crippen MR) is 167 cm³/mol. The van der Waals surface area contributed by atoms with Gasteiger partial charge in [-0.3, -0.25) is 9.59 Å². The molecule has 1 aromatic carbocycles. The highest BCUT2D eigenvalue weighted by Gasteiger charge is 2.72. The molecular weight excluding hydrogens is 714 g/mol. The standard InChI is InChI=1S/C33H37NO19/c1-13(29(44)51-17(27(40)41)11-20(35)36)49-30(45)18(52-31(46)24(39)23(38)28(42)43)12-21(37)50-16-6-7-33(47)19-10-14-4-5-15(48-3)25-22(14)32(33,26(16)53-25)8-9-34(19)2/h4-6,13,17-19,23-24,26,38-39,47H,7-12H2,1-3H3,(H,35,36)(H,40,41)(H,42,43)/t13?,17?,18?,19-,23-,24-,26+,32+,33-/m1/s1. The fourth-order valence-electron chi connectivity index (χ4n) is 7.43. The second-order valence-corrected chi connectivity index (χ2v) is 13.1. The molecule has 4 aliphatic rings. The molecule has 9 atom stereocenters. The third-order valence-electron chi connectivity index (χ3n) is 9.98. The van der Waals surface area contributed by atoms with Crippen LogP contribution < -0.4 is 9.47 Å². The molecule has 5 rings (SSSR count). The van der Waals surface area contributed by atoms with Gasteiger partial charge in [0.25, 0.3) is 0 Å². The van der Waals surface area contributed by atoms with Crippen LogP contribution in [0.2, 0.25) is 0 Å². The molecule has 0 saturated carbocycles. The van der Waals surface area contributed by atoms with Crippen molar-refractivity contribution in [3.05, 3.63) is 35.1 Å². The molecule has 2 heterocycles. The van der Waals surface area contributed by atoms with E-state index in [1.165, 1.54) is 13.2 Å². The lowest BCUT2D eigenvalue weighted by atomic mass is 9.50. The monoisotopic (exact) mass is 751 g/mol. The summed E-state index contributed by atoms with van der Waals surface area (Å²) in [7, 11) is 3.33. The Morgan fingerprint density at radius 3 is 2.23 bits per heavy atom. The van der Waals surface area contributed by atoms with Crippen molar-refractivity contribution in [2.75, 3.05) is 20.7 Å². The molecule has 2 bridgehead atoms. The van der Waals surface area contributed by atoms with Crippen LogP contribution in [-0.4, -0.2) is 146 Å². The first-order valence-electron chi connectivity index (χ1n) is 16.2. The number of methoxy groups -OCH3 is 1. The Labute approximate surface area is 299 Å². The summed E-state index contributed by atoms with van der Waals surface area (Å²) in [4.78, 5) is 87.1. The fourth-order valence-corrected chi connectivity index (χ4v) is 7.43. The Hall–Kier alpha value is -5.31. The summed E-state index contributed by atoms with van der Waals surface area (Å²) in [6.07, 6.45) is -13.1. The maximum atomic E-state index is 13.5. The zero-order valence-electron chi connectivity index (χ0n) is 28.5. The average molecular weight is 752 g/mol. The van der Waals surface area contributed by atoms with E-state index in [-0.39, 0.29) is 18.2 Å². The van der Waals surface area contributed by atoms with E-state index in [0.717, 1.165) is 12.5 Å². The van der Waals surface area contributed by atoms with E-state index in [4.69, 9.17) is 39.0 Å². The first kappa shape index (κ1) is 38.9. The number of hydrogen-bond acceptors (Lipinski definition) is 17. The Morgan fingerprint density at radius 2 is 1.60 bits per heavy atom. The smallest absolute Gasteiger partial charge is 0.348 e. The lowest BCUT2D eigenvalue weighted by Gasteiger charge is -2.61. The molecule has 6 N–H and O–H groups in total. The molecule has 1 aromatic rings. The molecule has 0 aromatic heterocycles. The summed E-state index contributed by atoms with van der Waals surface area (Å²) in [6.45, 7) is 1.42. The summed E-state index contributed by atoms with van der Waals surface area (Å²) in [5.74, 6) is -11.2. The molecule has 2 aliphatic heterocycles. The number of likely N-dealkylation sites (N-methyl/N-ethyl adjacent to an activating group) is 1. The van der Waals surface area contributed by atoms with Gasteiger partial charge >= 0.3 is 41.8 Å². The lowest BCUT2D eigenvalue weighted by Crippen LogP contribution is -2.74. The van der Waals surface area contributed by atoms with Crippen LogP contribution in [0, 0.1) is 0 Å². The van der Waals surface area contributed by atoms with E-state index in [2.05, 4.69) is 4.74 Å². The average Bonchev–Trinajstić information content (AvgIpc) is 3.45. The van der Waals surface area contributed by atoms with E-state index in [1.54, 1.807) is 6.07 Å². The minimum Gasteiger partial charge on any atom is -0.493 e. The molecule has 20 nitrogen and oxygen atoms in total. The van der Waals surface area contributed by atoms with Gasteiger partial charge in [-0.2, -0.15) is 0 Å². The molecule has 2 aliphatic carbocycles. The number of hydrogen-bond donors (Lipinski definition) is 6. The number of carbonyl (C=O) groups excluding carboxylic acids is 4.